The highest BCUT2D eigenvalue weighted by atomic mass is 32.2. The van der Waals surface area contributed by atoms with Crippen molar-refractivity contribution in [2.75, 3.05) is 32.2 Å². The molecule has 6 nitrogen and oxygen atoms in total. The minimum atomic E-state index is 0.270. The third-order valence-corrected chi connectivity index (χ3v) is 7.05. The molecule has 0 bridgehead atoms. The second kappa shape index (κ2) is 7.85. The molecule has 0 aliphatic carbocycles. The summed E-state index contributed by atoms with van der Waals surface area (Å²) in [6.07, 6.45) is 4.02. The minimum absolute atomic E-state index is 0.270. The molecule has 0 saturated carbocycles. The second-order valence-electron chi connectivity index (χ2n) is 7.08. The molecule has 1 aromatic carbocycles. The van der Waals surface area contributed by atoms with E-state index in [0.717, 1.165) is 55.3 Å². The molecular formula is C20H22N4O2S2. The first-order chi connectivity index (χ1) is 13.8. The van der Waals surface area contributed by atoms with Crippen molar-refractivity contribution in [3.05, 3.63) is 23.2 Å². The fourth-order valence-electron chi connectivity index (χ4n) is 3.71. The van der Waals surface area contributed by atoms with Crippen molar-refractivity contribution < 1.29 is 9.47 Å². The van der Waals surface area contributed by atoms with Gasteiger partial charge in [-0.25, -0.2) is 4.98 Å². The molecule has 2 aliphatic heterocycles. The zero-order valence-electron chi connectivity index (χ0n) is 15.8. The van der Waals surface area contributed by atoms with E-state index in [0.29, 0.717) is 0 Å². The molecule has 2 aliphatic rings. The Bertz CT molecular complexity index is 1000. The zero-order valence-corrected chi connectivity index (χ0v) is 17.4. The van der Waals surface area contributed by atoms with Gasteiger partial charge in [0.2, 0.25) is 6.79 Å². The predicted octanol–water partition coefficient (Wildman–Crippen LogP) is 4.37. The van der Waals surface area contributed by atoms with E-state index >= 15 is 0 Å². The van der Waals surface area contributed by atoms with Gasteiger partial charge < -0.3 is 14.4 Å². The van der Waals surface area contributed by atoms with Crippen LogP contribution in [-0.4, -0.2) is 52.3 Å². The molecule has 146 valence electrons. The predicted molar refractivity (Wildman–Crippen MR) is 113 cm³/mol. The van der Waals surface area contributed by atoms with Gasteiger partial charge in [-0.1, -0.05) is 6.42 Å². The minimum Gasteiger partial charge on any atom is -0.454 e. The first-order valence-corrected chi connectivity index (χ1v) is 11.5. The van der Waals surface area contributed by atoms with Gasteiger partial charge in [-0.3, -0.25) is 0 Å². The third-order valence-electron chi connectivity index (χ3n) is 5.13. The highest BCUT2D eigenvalue weighted by molar-refractivity contribution is 7.99. The summed E-state index contributed by atoms with van der Waals surface area (Å²) < 4.78 is 12.0. The molecule has 0 N–H and O–H groups in total. The topological polar surface area (TPSA) is 60.4 Å². The number of fused-ring (bicyclic) bond motifs is 2. The maximum Gasteiger partial charge on any atom is 0.231 e. The van der Waals surface area contributed by atoms with Gasteiger partial charge in [-0.2, -0.15) is 0 Å². The quantitative estimate of drug-likeness (QED) is 0.575. The lowest BCUT2D eigenvalue weighted by Crippen LogP contribution is -2.31. The average Bonchev–Trinajstić information content (AvgIpc) is 3.34. The van der Waals surface area contributed by atoms with Gasteiger partial charge in [0.1, 0.15) is 16.2 Å². The number of hydrogen-bond donors (Lipinski definition) is 0. The van der Waals surface area contributed by atoms with Gasteiger partial charge in [-0.15, -0.1) is 33.3 Å². The summed E-state index contributed by atoms with van der Waals surface area (Å²) in [6, 6.07) is 5.92. The third kappa shape index (κ3) is 3.56. The molecular weight excluding hydrogens is 392 g/mol. The number of aryl methyl sites for hydroxylation is 1. The molecule has 0 radical (unpaired) electrons. The van der Waals surface area contributed by atoms with E-state index in [1.807, 2.05) is 25.1 Å². The van der Waals surface area contributed by atoms with Crippen LogP contribution in [0.4, 0.5) is 0 Å². The first kappa shape index (κ1) is 18.1. The van der Waals surface area contributed by atoms with Crippen LogP contribution in [0.1, 0.15) is 24.3 Å². The number of benzene rings is 1. The largest absolute Gasteiger partial charge is 0.454 e. The van der Waals surface area contributed by atoms with E-state index in [9.17, 15) is 0 Å². The SMILES string of the molecule is Cc1nc2c(SCCN3CCCCC3)nnc(-c3ccc4c(c3)OCO4)c2s1. The molecule has 0 amide bonds. The number of hydrogen-bond acceptors (Lipinski definition) is 8. The van der Waals surface area contributed by atoms with Crippen LogP contribution in [0.2, 0.25) is 0 Å². The molecule has 1 fully saturated rings. The number of aromatic nitrogens is 3. The number of thiazole rings is 1. The van der Waals surface area contributed by atoms with Gasteiger partial charge in [0.25, 0.3) is 0 Å². The Kier molecular flexibility index (Phi) is 5.09. The van der Waals surface area contributed by atoms with Gasteiger partial charge in [0, 0.05) is 17.9 Å². The van der Waals surface area contributed by atoms with Crippen molar-refractivity contribution in [2.24, 2.45) is 0 Å². The highest BCUT2D eigenvalue weighted by Gasteiger charge is 2.19. The summed E-state index contributed by atoms with van der Waals surface area (Å²) >= 11 is 3.44. The van der Waals surface area contributed by atoms with Crippen molar-refractivity contribution in [1.82, 2.24) is 20.1 Å². The van der Waals surface area contributed by atoms with Gasteiger partial charge in [0.15, 0.2) is 11.5 Å². The van der Waals surface area contributed by atoms with Crippen LogP contribution in [0.25, 0.3) is 21.5 Å². The molecule has 0 unspecified atom stereocenters. The van der Waals surface area contributed by atoms with Crippen molar-refractivity contribution in [3.63, 3.8) is 0 Å². The van der Waals surface area contributed by atoms with Crippen LogP contribution >= 0.6 is 23.1 Å². The highest BCUT2D eigenvalue weighted by Crippen LogP contribution is 2.39. The molecule has 0 atom stereocenters. The molecule has 3 aromatic rings. The van der Waals surface area contributed by atoms with E-state index in [4.69, 9.17) is 14.5 Å². The van der Waals surface area contributed by atoms with Crippen LogP contribution in [0.3, 0.4) is 0 Å². The normalized spacial score (nSPS) is 16.8. The number of nitrogens with zero attached hydrogens (tertiary/aromatic N) is 4. The summed E-state index contributed by atoms with van der Waals surface area (Å²) in [5.74, 6) is 2.55. The molecule has 8 heteroatoms. The fraction of sp³-hybridized carbons (Fsp3) is 0.450. The lowest BCUT2D eigenvalue weighted by molar-refractivity contribution is 0.174. The van der Waals surface area contributed by atoms with Gasteiger partial charge in [-0.05, 0) is 51.1 Å². The number of rotatable bonds is 5. The van der Waals surface area contributed by atoms with Crippen molar-refractivity contribution in [3.8, 4) is 22.8 Å². The van der Waals surface area contributed by atoms with Crippen molar-refractivity contribution in [2.45, 2.75) is 31.2 Å². The van der Waals surface area contributed by atoms with E-state index in [-0.39, 0.29) is 6.79 Å². The summed E-state index contributed by atoms with van der Waals surface area (Å²) in [7, 11) is 0. The molecule has 2 aromatic heterocycles. The standard InChI is InChI=1S/C20H22N4O2S2/c1-13-21-18-19(28-13)17(14-5-6-15-16(11-14)26-12-25-15)22-23-20(18)27-10-9-24-7-3-2-4-8-24/h5-6,11H,2-4,7-10,12H2,1H3. The number of likely N-dealkylation sites (tertiary alicyclic amines) is 1. The smallest absolute Gasteiger partial charge is 0.231 e. The zero-order chi connectivity index (χ0) is 18.9. The summed E-state index contributed by atoms with van der Waals surface area (Å²) in [6.45, 7) is 5.85. The molecule has 5 rings (SSSR count). The van der Waals surface area contributed by atoms with Gasteiger partial charge in [0.05, 0.1) is 9.71 Å². The summed E-state index contributed by atoms with van der Waals surface area (Å²) in [4.78, 5) is 7.31. The fourth-order valence-corrected chi connectivity index (χ4v) is 5.62. The molecule has 28 heavy (non-hydrogen) atoms. The van der Waals surface area contributed by atoms with E-state index in [1.54, 1.807) is 23.1 Å². The Labute approximate surface area is 172 Å². The average molecular weight is 415 g/mol. The van der Waals surface area contributed by atoms with Gasteiger partial charge >= 0.3 is 0 Å². The number of thioether (sulfide) groups is 1. The van der Waals surface area contributed by atoms with E-state index in [1.165, 1.54) is 32.4 Å². The Hall–Kier alpha value is -1.90. The Morgan fingerprint density at radius 1 is 1.11 bits per heavy atom. The van der Waals surface area contributed by atoms with Crippen LogP contribution in [0.5, 0.6) is 11.5 Å². The monoisotopic (exact) mass is 414 g/mol. The van der Waals surface area contributed by atoms with Crippen LogP contribution in [0.15, 0.2) is 23.2 Å². The summed E-state index contributed by atoms with van der Waals surface area (Å²) in [5, 5.41) is 11.1. The summed E-state index contributed by atoms with van der Waals surface area (Å²) in [5.41, 5.74) is 2.81. The van der Waals surface area contributed by atoms with Crippen molar-refractivity contribution >= 4 is 33.3 Å². The Morgan fingerprint density at radius 3 is 2.86 bits per heavy atom. The van der Waals surface area contributed by atoms with Crippen LogP contribution in [0, 0.1) is 6.92 Å². The number of ether oxygens (including phenoxy) is 2. The molecule has 0 spiro atoms. The molecule has 4 heterocycles. The lowest BCUT2D eigenvalue weighted by Gasteiger charge is -2.25. The Balaban J connectivity index is 1.40. The lowest BCUT2D eigenvalue weighted by atomic mass is 10.1. The Morgan fingerprint density at radius 2 is 1.96 bits per heavy atom. The van der Waals surface area contributed by atoms with Crippen molar-refractivity contribution in [1.29, 1.82) is 0 Å². The molecule has 1 saturated heterocycles. The van der Waals surface area contributed by atoms with E-state index in [2.05, 4.69) is 15.1 Å². The second-order valence-corrected chi connectivity index (χ2v) is 9.37. The van der Waals surface area contributed by atoms with E-state index < -0.39 is 0 Å². The van der Waals surface area contributed by atoms with Crippen LogP contribution < -0.4 is 9.47 Å². The maximum atomic E-state index is 5.52. The van der Waals surface area contributed by atoms with Crippen LogP contribution in [-0.2, 0) is 0 Å². The number of piperidine rings is 1. The first-order valence-electron chi connectivity index (χ1n) is 9.67. The maximum absolute atomic E-state index is 5.52.